The highest BCUT2D eigenvalue weighted by molar-refractivity contribution is 7.93. The van der Waals surface area contributed by atoms with Gasteiger partial charge in [-0.1, -0.05) is 32.4 Å². The Labute approximate surface area is 194 Å². The average Bonchev–Trinajstić information content (AvgIpc) is 3.12. The summed E-state index contributed by atoms with van der Waals surface area (Å²) in [6.07, 6.45) is 1.46. The SMILES string of the molecule is CC(C)(C)C(Cc1cc(-c2cccnc2F)c(S(=O)(=O)c2ccc(Cl)nc2)s1)NC(=O)O. The van der Waals surface area contributed by atoms with Crippen molar-refractivity contribution in [1.82, 2.24) is 15.3 Å². The fraction of sp³-hybridized carbons (Fsp3) is 0.286. The van der Waals surface area contributed by atoms with E-state index in [0.717, 1.165) is 17.5 Å². The lowest BCUT2D eigenvalue weighted by Gasteiger charge is -2.30. The van der Waals surface area contributed by atoms with Crippen LogP contribution in [0.1, 0.15) is 25.6 Å². The lowest BCUT2D eigenvalue weighted by molar-refractivity contribution is 0.174. The molecule has 3 aromatic heterocycles. The second-order valence-electron chi connectivity index (χ2n) is 8.15. The van der Waals surface area contributed by atoms with Gasteiger partial charge in [-0.2, -0.15) is 4.39 Å². The summed E-state index contributed by atoms with van der Waals surface area (Å²) in [6, 6.07) is 6.72. The van der Waals surface area contributed by atoms with Gasteiger partial charge in [0, 0.05) is 40.9 Å². The normalized spacial score (nSPS) is 13.0. The van der Waals surface area contributed by atoms with Gasteiger partial charge in [-0.25, -0.2) is 23.2 Å². The van der Waals surface area contributed by atoms with Crippen LogP contribution < -0.4 is 5.32 Å². The minimum absolute atomic E-state index is 0.0361. The number of nitrogens with one attached hydrogen (secondary N) is 1. The maximum Gasteiger partial charge on any atom is 0.404 e. The number of carbonyl (C=O) groups is 1. The molecule has 11 heteroatoms. The summed E-state index contributed by atoms with van der Waals surface area (Å²) < 4.78 is 41.2. The number of hydrogen-bond acceptors (Lipinski definition) is 6. The van der Waals surface area contributed by atoms with Crippen molar-refractivity contribution < 1.29 is 22.7 Å². The van der Waals surface area contributed by atoms with Gasteiger partial charge >= 0.3 is 6.09 Å². The van der Waals surface area contributed by atoms with Gasteiger partial charge in [0.2, 0.25) is 15.8 Å². The van der Waals surface area contributed by atoms with Crippen molar-refractivity contribution in [3.05, 3.63) is 58.7 Å². The molecule has 0 aromatic carbocycles. The predicted octanol–water partition coefficient (Wildman–Crippen LogP) is 5.06. The van der Waals surface area contributed by atoms with Crippen LogP contribution in [0.25, 0.3) is 11.1 Å². The molecule has 0 radical (unpaired) electrons. The zero-order chi connectivity index (χ0) is 23.7. The first-order valence-electron chi connectivity index (χ1n) is 9.49. The highest BCUT2D eigenvalue weighted by atomic mass is 35.5. The minimum Gasteiger partial charge on any atom is -0.465 e. The summed E-state index contributed by atoms with van der Waals surface area (Å²) >= 11 is 6.75. The van der Waals surface area contributed by atoms with Gasteiger partial charge < -0.3 is 10.4 Å². The number of pyridine rings is 2. The Bertz CT molecular complexity index is 1240. The second-order valence-corrected chi connectivity index (χ2v) is 11.8. The molecule has 32 heavy (non-hydrogen) atoms. The van der Waals surface area contributed by atoms with E-state index in [9.17, 15) is 22.7 Å². The van der Waals surface area contributed by atoms with Crippen LogP contribution in [0.3, 0.4) is 0 Å². The first kappa shape index (κ1) is 24.1. The number of carboxylic acid groups (broad SMARTS) is 1. The molecular weight excluding hydrogens is 477 g/mol. The third-order valence-electron chi connectivity index (χ3n) is 4.80. The van der Waals surface area contributed by atoms with Crippen LogP contribution in [-0.2, 0) is 16.3 Å². The van der Waals surface area contributed by atoms with Crippen molar-refractivity contribution in [3.63, 3.8) is 0 Å². The topological polar surface area (TPSA) is 109 Å². The van der Waals surface area contributed by atoms with Crippen LogP contribution in [0.4, 0.5) is 9.18 Å². The Morgan fingerprint density at radius 2 is 1.97 bits per heavy atom. The van der Waals surface area contributed by atoms with E-state index >= 15 is 0 Å². The van der Waals surface area contributed by atoms with Crippen molar-refractivity contribution in [2.24, 2.45) is 5.41 Å². The van der Waals surface area contributed by atoms with Crippen molar-refractivity contribution in [3.8, 4) is 11.1 Å². The van der Waals surface area contributed by atoms with Gasteiger partial charge in [-0.15, -0.1) is 11.3 Å². The number of hydrogen-bond donors (Lipinski definition) is 2. The predicted molar refractivity (Wildman–Crippen MR) is 120 cm³/mol. The average molecular weight is 498 g/mol. The molecule has 0 bridgehead atoms. The monoisotopic (exact) mass is 497 g/mol. The van der Waals surface area contributed by atoms with Gasteiger partial charge in [-0.3, -0.25) is 0 Å². The molecule has 0 aliphatic rings. The molecule has 3 aromatic rings. The molecule has 1 atom stereocenters. The van der Waals surface area contributed by atoms with Crippen LogP contribution in [0, 0.1) is 11.4 Å². The number of aromatic nitrogens is 2. The van der Waals surface area contributed by atoms with Gasteiger partial charge in [0.05, 0.1) is 4.90 Å². The lowest BCUT2D eigenvalue weighted by atomic mass is 9.84. The summed E-state index contributed by atoms with van der Waals surface area (Å²) in [4.78, 5) is 19.2. The summed E-state index contributed by atoms with van der Waals surface area (Å²) in [5.41, 5.74) is -0.246. The molecule has 170 valence electrons. The Balaban J connectivity index is 2.16. The van der Waals surface area contributed by atoms with E-state index in [1.807, 2.05) is 20.8 Å². The molecule has 0 saturated heterocycles. The largest absolute Gasteiger partial charge is 0.465 e. The molecule has 0 saturated carbocycles. The number of rotatable bonds is 6. The van der Waals surface area contributed by atoms with Crippen LogP contribution in [0.5, 0.6) is 0 Å². The third-order valence-corrected chi connectivity index (χ3v) is 8.46. The molecule has 2 N–H and O–H groups in total. The fourth-order valence-corrected chi connectivity index (χ4v) is 6.27. The fourth-order valence-electron chi connectivity index (χ4n) is 3.05. The molecule has 0 aliphatic carbocycles. The lowest BCUT2D eigenvalue weighted by Crippen LogP contribution is -2.44. The quantitative estimate of drug-likeness (QED) is 0.461. The molecule has 0 spiro atoms. The second kappa shape index (κ2) is 9.13. The van der Waals surface area contributed by atoms with Crippen LogP contribution >= 0.6 is 22.9 Å². The van der Waals surface area contributed by atoms with Crippen molar-refractivity contribution >= 4 is 38.9 Å². The van der Waals surface area contributed by atoms with E-state index < -0.39 is 33.3 Å². The summed E-state index contributed by atoms with van der Waals surface area (Å²) in [7, 11) is -4.06. The highest BCUT2D eigenvalue weighted by Gasteiger charge is 2.31. The summed E-state index contributed by atoms with van der Waals surface area (Å²) in [6.45, 7) is 5.62. The molecular formula is C21H21ClFN3O4S2. The van der Waals surface area contributed by atoms with E-state index in [0.29, 0.717) is 4.88 Å². The molecule has 7 nitrogen and oxygen atoms in total. The van der Waals surface area contributed by atoms with E-state index in [1.54, 1.807) is 6.07 Å². The zero-order valence-electron chi connectivity index (χ0n) is 17.5. The molecule has 1 unspecified atom stereocenters. The van der Waals surface area contributed by atoms with E-state index in [1.165, 1.54) is 30.5 Å². The molecule has 0 aliphatic heterocycles. The highest BCUT2D eigenvalue weighted by Crippen LogP contribution is 2.40. The van der Waals surface area contributed by atoms with Crippen LogP contribution in [0.2, 0.25) is 5.15 Å². The molecule has 0 fully saturated rings. The van der Waals surface area contributed by atoms with E-state index in [4.69, 9.17) is 11.6 Å². The van der Waals surface area contributed by atoms with Crippen LogP contribution in [-0.4, -0.2) is 35.6 Å². The van der Waals surface area contributed by atoms with Crippen molar-refractivity contribution in [2.45, 2.75) is 42.3 Å². The van der Waals surface area contributed by atoms with Gasteiger partial charge in [0.15, 0.2) is 0 Å². The third kappa shape index (κ3) is 5.25. The maximum absolute atomic E-state index is 14.5. The number of thiophene rings is 1. The van der Waals surface area contributed by atoms with E-state index in [2.05, 4.69) is 15.3 Å². The zero-order valence-corrected chi connectivity index (χ0v) is 19.9. The standard InChI is InChI=1S/C21H21ClFN3O4S2/c1-21(2,3)16(26-20(27)28)10-12-9-15(14-5-4-8-24-18(14)23)19(31-12)32(29,30)13-6-7-17(22)25-11-13/h4-9,11,16,26H,10H2,1-3H3,(H,27,28). The first-order valence-corrected chi connectivity index (χ1v) is 12.2. The number of halogens is 2. The van der Waals surface area contributed by atoms with E-state index in [-0.39, 0.29) is 31.8 Å². The number of amides is 1. The first-order chi connectivity index (χ1) is 14.9. The van der Waals surface area contributed by atoms with Crippen molar-refractivity contribution in [2.75, 3.05) is 0 Å². The Morgan fingerprint density at radius 3 is 2.53 bits per heavy atom. The number of nitrogens with zero attached hydrogens (tertiary/aromatic N) is 2. The maximum atomic E-state index is 14.5. The Morgan fingerprint density at radius 1 is 1.25 bits per heavy atom. The number of sulfone groups is 1. The van der Waals surface area contributed by atoms with Crippen molar-refractivity contribution in [1.29, 1.82) is 0 Å². The minimum atomic E-state index is -4.06. The molecule has 3 rings (SSSR count). The molecule has 3 heterocycles. The summed E-state index contributed by atoms with van der Waals surface area (Å²) in [5.74, 6) is -0.807. The van der Waals surface area contributed by atoms with Crippen LogP contribution in [0.15, 0.2) is 51.8 Å². The van der Waals surface area contributed by atoms with Gasteiger partial charge in [0.1, 0.15) is 9.36 Å². The molecule has 1 amide bonds. The van der Waals surface area contributed by atoms with Gasteiger partial charge in [0.25, 0.3) is 0 Å². The summed E-state index contributed by atoms with van der Waals surface area (Å²) in [5, 5.41) is 11.8. The smallest absolute Gasteiger partial charge is 0.404 e. The Hall–Kier alpha value is -2.56. The van der Waals surface area contributed by atoms with Gasteiger partial charge in [-0.05, 0) is 35.7 Å². The Kier molecular flexibility index (Phi) is 6.87.